The Bertz CT molecular complexity index is 241. The van der Waals surface area contributed by atoms with Gasteiger partial charge in [0, 0.05) is 11.6 Å². The van der Waals surface area contributed by atoms with Crippen molar-refractivity contribution in [3.63, 3.8) is 0 Å². The monoisotopic (exact) mass is 154 g/mol. The Hall–Kier alpha value is -1.16. The summed E-state index contributed by atoms with van der Waals surface area (Å²) in [6.45, 7) is 1.76. The number of hydrogen-bond acceptors (Lipinski definition) is 3. The van der Waals surface area contributed by atoms with E-state index in [9.17, 15) is 10.1 Å². The average molecular weight is 154 g/mol. The summed E-state index contributed by atoms with van der Waals surface area (Å²) in [4.78, 5) is 9.90. The Morgan fingerprint density at radius 1 is 1.82 bits per heavy atom. The Balaban J connectivity index is 2.81. The highest BCUT2D eigenvalue weighted by atomic mass is 16.6. The van der Waals surface area contributed by atoms with Gasteiger partial charge in [-0.15, -0.1) is 0 Å². The fourth-order valence-corrected chi connectivity index (χ4v) is 1.01. The maximum Gasteiger partial charge on any atom is 0.248 e. The summed E-state index contributed by atoms with van der Waals surface area (Å²) >= 11 is 0. The maximum atomic E-state index is 10.3. The Morgan fingerprint density at radius 3 is 2.82 bits per heavy atom. The molecule has 1 atom stereocenters. The number of hydrogen-bond donors (Lipinski definition) is 1. The predicted molar refractivity (Wildman–Crippen MR) is 41.4 cm³/mol. The van der Waals surface area contributed by atoms with Crippen molar-refractivity contribution < 1.29 is 4.92 Å². The van der Waals surface area contributed by atoms with Crippen molar-refractivity contribution in [2.75, 3.05) is 0 Å². The fourth-order valence-electron chi connectivity index (χ4n) is 1.01. The van der Waals surface area contributed by atoms with E-state index in [1.807, 2.05) is 0 Å². The molecule has 11 heavy (non-hydrogen) atoms. The summed E-state index contributed by atoms with van der Waals surface area (Å²) in [6.07, 6.45) is 5.17. The number of nitro groups is 1. The zero-order valence-electron chi connectivity index (χ0n) is 6.28. The molecule has 0 aliphatic heterocycles. The first kappa shape index (κ1) is 7.94. The van der Waals surface area contributed by atoms with Crippen LogP contribution in [0, 0.1) is 10.1 Å². The van der Waals surface area contributed by atoms with Crippen LogP contribution in [0.3, 0.4) is 0 Å². The summed E-state index contributed by atoms with van der Waals surface area (Å²) in [7, 11) is 0. The van der Waals surface area contributed by atoms with Gasteiger partial charge in [0.25, 0.3) is 0 Å². The summed E-state index contributed by atoms with van der Waals surface area (Å²) in [6, 6.07) is 0. The molecule has 0 saturated heterocycles. The summed E-state index contributed by atoms with van der Waals surface area (Å²) in [5, 5.41) is 10.3. The number of rotatable bonds is 1. The number of nitrogens with two attached hydrogens (primary N) is 1. The highest BCUT2D eigenvalue weighted by Gasteiger charge is 2.25. The SMILES string of the molecule is CC1(N)C=CC=C([N+](=O)[O-])C1. The highest BCUT2D eigenvalue weighted by Crippen LogP contribution is 2.19. The second-order valence-corrected chi connectivity index (χ2v) is 2.96. The number of nitrogens with zero attached hydrogens (tertiary/aromatic N) is 1. The van der Waals surface area contributed by atoms with Crippen molar-refractivity contribution >= 4 is 0 Å². The molecule has 1 unspecified atom stereocenters. The van der Waals surface area contributed by atoms with Crippen LogP contribution in [0.5, 0.6) is 0 Å². The van der Waals surface area contributed by atoms with E-state index in [1.165, 1.54) is 6.08 Å². The molecule has 0 aromatic heterocycles. The molecular formula is C7H10N2O2. The third-order valence-corrected chi connectivity index (χ3v) is 1.56. The lowest BCUT2D eigenvalue weighted by Crippen LogP contribution is -2.36. The van der Waals surface area contributed by atoms with Crippen molar-refractivity contribution in [1.82, 2.24) is 0 Å². The summed E-state index contributed by atoms with van der Waals surface area (Å²) in [5.74, 6) is 0. The average Bonchev–Trinajstić information content (AvgIpc) is 1.85. The molecule has 1 aliphatic carbocycles. The molecule has 4 heteroatoms. The zero-order chi connectivity index (χ0) is 8.48. The molecule has 0 saturated carbocycles. The van der Waals surface area contributed by atoms with Gasteiger partial charge in [0.05, 0.1) is 11.3 Å². The van der Waals surface area contributed by atoms with Crippen molar-refractivity contribution in [1.29, 1.82) is 0 Å². The Labute approximate surface area is 64.5 Å². The molecular weight excluding hydrogens is 144 g/mol. The summed E-state index contributed by atoms with van der Waals surface area (Å²) < 4.78 is 0. The molecule has 1 aliphatic rings. The normalized spacial score (nSPS) is 29.8. The van der Waals surface area contributed by atoms with Gasteiger partial charge in [-0.1, -0.05) is 12.2 Å². The van der Waals surface area contributed by atoms with Crippen molar-refractivity contribution in [2.45, 2.75) is 18.9 Å². The van der Waals surface area contributed by atoms with E-state index < -0.39 is 10.5 Å². The molecule has 0 spiro atoms. The lowest BCUT2D eigenvalue weighted by atomic mass is 9.93. The largest absolute Gasteiger partial charge is 0.322 e. The molecule has 0 aromatic rings. The standard InChI is InChI=1S/C7H10N2O2/c1-7(8)4-2-3-6(5-7)9(10)11/h2-4H,5,8H2,1H3. The van der Waals surface area contributed by atoms with E-state index in [4.69, 9.17) is 5.73 Å². The van der Waals surface area contributed by atoms with E-state index >= 15 is 0 Å². The molecule has 0 amide bonds. The molecule has 0 aromatic carbocycles. The van der Waals surface area contributed by atoms with Gasteiger partial charge < -0.3 is 5.73 Å². The zero-order valence-corrected chi connectivity index (χ0v) is 6.28. The van der Waals surface area contributed by atoms with E-state index in [0.29, 0.717) is 6.42 Å². The quantitative estimate of drug-likeness (QED) is 0.449. The third-order valence-electron chi connectivity index (χ3n) is 1.56. The minimum atomic E-state index is -0.558. The predicted octanol–water partition coefficient (Wildman–Crippen LogP) is 0.824. The van der Waals surface area contributed by atoms with Crippen LogP contribution < -0.4 is 5.73 Å². The van der Waals surface area contributed by atoms with Gasteiger partial charge in [-0.3, -0.25) is 10.1 Å². The van der Waals surface area contributed by atoms with Gasteiger partial charge in [0.15, 0.2) is 0 Å². The van der Waals surface area contributed by atoms with Gasteiger partial charge >= 0.3 is 0 Å². The van der Waals surface area contributed by atoms with Crippen molar-refractivity contribution in [2.24, 2.45) is 5.73 Å². The molecule has 1 rings (SSSR count). The Kier molecular flexibility index (Phi) is 1.78. The Morgan fingerprint density at radius 2 is 2.45 bits per heavy atom. The molecule has 0 radical (unpaired) electrons. The molecule has 0 fully saturated rings. The first-order valence-electron chi connectivity index (χ1n) is 3.33. The first-order valence-corrected chi connectivity index (χ1v) is 3.33. The fraction of sp³-hybridized carbons (Fsp3) is 0.429. The van der Waals surface area contributed by atoms with Gasteiger partial charge in [-0.2, -0.15) is 0 Å². The van der Waals surface area contributed by atoms with Gasteiger partial charge in [-0.25, -0.2) is 0 Å². The summed E-state index contributed by atoms with van der Waals surface area (Å²) in [5.41, 5.74) is 5.29. The van der Waals surface area contributed by atoms with Crippen molar-refractivity contribution in [3.05, 3.63) is 34.0 Å². The van der Waals surface area contributed by atoms with E-state index in [2.05, 4.69) is 0 Å². The van der Waals surface area contributed by atoms with E-state index in [1.54, 1.807) is 19.1 Å². The van der Waals surface area contributed by atoms with E-state index in [0.717, 1.165) is 0 Å². The molecule has 4 nitrogen and oxygen atoms in total. The molecule has 0 bridgehead atoms. The van der Waals surface area contributed by atoms with Crippen LogP contribution in [-0.4, -0.2) is 10.5 Å². The minimum Gasteiger partial charge on any atom is -0.322 e. The van der Waals surface area contributed by atoms with Crippen LogP contribution >= 0.6 is 0 Å². The van der Waals surface area contributed by atoms with Crippen LogP contribution in [0.2, 0.25) is 0 Å². The van der Waals surface area contributed by atoms with Crippen LogP contribution in [0.4, 0.5) is 0 Å². The smallest absolute Gasteiger partial charge is 0.248 e. The van der Waals surface area contributed by atoms with Gasteiger partial charge in [-0.05, 0) is 6.92 Å². The first-order chi connectivity index (χ1) is 5.01. The van der Waals surface area contributed by atoms with Crippen LogP contribution in [0.15, 0.2) is 23.9 Å². The maximum absolute atomic E-state index is 10.3. The van der Waals surface area contributed by atoms with Gasteiger partial charge in [0.1, 0.15) is 0 Å². The molecule has 0 heterocycles. The minimum absolute atomic E-state index is 0.178. The molecule has 60 valence electrons. The van der Waals surface area contributed by atoms with Crippen LogP contribution in [-0.2, 0) is 0 Å². The van der Waals surface area contributed by atoms with Crippen molar-refractivity contribution in [3.8, 4) is 0 Å². The highest BCUT2D eigenvalue weighted by molar-refractivity contribution is 5.21. The lowest BCUT2D eigenvalue weighted by Gasteiger charge is -2.20. The van der Waals surface area contributed by atoms with Crippen LogP contribution in [0.1, 0.15) is 13.3 Å². The number of allylic oxidation sites excluding steroid dienone is 2. The van der Waals surface area contributed by atoms with Crippen LogP contribution in [0.25, 0.3) is 0 Å². The second kappa shape index (κ2) is 2.47. The second-order valence-electron chi connectivity index (χ2n) is 2.96. The third kappa shape index (κ3) is 1.88. The lowest BCUT2D eigenvalue weighted by molar-refractivity contribution is -0.429. The van der Waals surface area contributed by atoms with Gasteiger partial charge in [0.2, 0.25) is 5.70 Å². The topological polar surface area (TPSA) is 69.2 Å². The molecule has 2 N–H and O–H groups in total. The van der Waals surface area contributed by atoms with E-state index in [-0.39, 0.29) is 5.70 Å².